The molecule has 1 aromatic rings. The number of likely N-dealkylation sites (N-methyl/N-ethyl adjacent to an activating group) is 1. The van der Waals surface area contributed by atoms with Gasteiger partial charge >= 0.3 is 6.18 Å². The summed E-state index contributed by atoms with van der Waals surface area (Å²) in [5.41, 5.74) is -2.98. The van der Waals surface area contributed by atoms with E-state index in [4.69, 9.17) is 0 Å². The van der Waals surface area contributed by atoms with Crippen LogP contribution in [-0.4, -0.2) is 51.8 Å². The molecule has 0 N–H and O–H groups in total. The van der Waals surface area contributed by atoms with E-state index in [1.165, 1.54) is 18.7 Å². The fourth-order valence-electron chi connectivity index (χ4n) is 2.69. The minimum atomic E-state index is -4.68. The molecule has 0 unspecified atom stereocenters. The summed E-state index contributed by atoms with van der Waals surface area (Å²) in [5, 5.41) is 0. The number of aromatic nitrogens is 1. The molecular weight excluding hydrogens is 311 g/mol. The summed E-state index contributed by atoms with van der Waals surface area (Å²) in [6.45, 7) is 5.82. The third-order valence-corrected chi connectivity index (χ3v) is 4.02. The van der Waals surface area contributed by atoms with E-state index in [-0.39, 0.29) is 12.5 Å². The van der Waals surface area contributed by atoms with E-state index in [0.717, 1.165) is 18.3 Å². The van der Waals surface area contributed by atoms with Crippen molar-refractivity contribution in [2.45, 2.75) is 32.5 Å². The fourth-order valence-corrected chi connectivity index (χ4v) is 2.69. The van der Waals surface area contributed by atoms with Gasteiger partial charge in [0.15, 0.2) is 0 Å². The van der Waals surface area contributed by atoms with Crippen molar-refractivity contribution in [2.75, 3.05) is 19.6 Å². The molecule has 8 heteroatoms. The SMILES string of the molecule is CCN1CCN(C(=O)c2ncccc2C(F)(F)F)C(C)(C)C1=O. The number of carbonyl (C=O) groups is 2. The van der Waals surface area contributed by atoms with Gasteiger partial charge in [-0.25, -0.2) is 0 Å². The Morgan fingerprint density at radius 3 is 2.57 bits per heavy atom. The van der Waals surface area contributed by atoms with Crippen molar-refractivity contribution in [1.29, 1.82) is 0 Å². The number of rotatable bonds is 2. The number of piperazine rings is 1. The smallest absolute Gasteiger partial charge is 0.339 e. The second-order valence-corrected chi connectivity index (χ2v) is 5.80. The van der Waals surface area contributed by atoms with E-state index in [1.54, 1.807) is 4.90 Å². The zero-order valence-electron chi connectivity index (χ0n) is 13.1. The van der Waals surface area contributed by atoms with Crippen LogP contribution < -0.4 is 0 Å². The molecule has 0 atom stereocenters. The maximum atomic E-state index is 13.1. The number of pyridine rings is 1. The highest BCUT2D eigenvalue weighted by Gasteiger charge is 2.46. The minimum Gasteiger partial charge on any atom is -0.339 e. The quantitative estimate of drug-likeness (QED) is 0.836. The van der Waals surface area contributed by atoms with Crippen LogP contribution >= 0.6 is 0 Å². The predicted molar refractivity (Wildman–Crippen MR) is 76.6 cm³/mol. The van der Waals surface area contributed by atoms with Crippen molar-refractivity contribution in [1.82, 2.24) is 14.8 Å². The summed E-state index contributed by atoms with van der Waals surface area (Å²) in [6.07, 6.45) is -3.54. The summed E-state index contributed by atoms with van der Waals surface area (Å²) in [6, 6.07) is 1.95. The van der Waals surface area contributed by atoms with Crippen LogP contribution in [0.15, 0.2) is 18.3 Å². The lowest BCUT2D eigenvalue weighted by Gasteiger charge is -2.45. The van der Waals surface area contributed by atoms with Crippen molar-refractivity contribution in [3.8, 4) is 0 Å². The van der Waals surface area contributed by atoms with Gasteiger partial charge in [-0.05, 0) is 32.9 Å². The summed E-state index contributed by atoms with van der Waals surface area (Å²) in [5.74, 6) is -1.17. The van der Waals surface area contributed by atoms with Crippen molar-refractivity contribution in [3.05, 3.63) is 29.6 Å². The molecule has 2 amide bonds. The second-order valence-electron chi connectivity index (χ2n) is 5.80. The molecule has 2 heterocycles. The molecule has 0 aliphatic carbocycles. The van der Waals surface area contributed by atoms with E-state index < -0.39 is 28.9 Å². The molecule has 1 aromatic heterocycles. The van der Waals surface area contributed by atoms with Crippen LogP contribution in [0.5, 0.6) is 0 Å². The average molecular weight is 329 g/mol. The largest absolute Gasteiger partial charge is 0.418 e. The van der Waals surface area contributed by atoms with Gasteiger partial charge in [0.05, 0.1) is 5.56 Å². The Balaban J connectivity index is 2.41. The normalized spacial score (nSPS) is 18.3. The Morgan fingerprint density at radius 2 is 2.00 bits per heavy atom. The number of alkyl halides is 3. The molecule has 5 nitrogen and oxygen atoms in total. The zero-order chi connectivity index (χ0) is 17.4. The first kappa shape index (κ1) is 17.2. The van der Waals surface area contributed by atoms with Gasteiger partial charge < -0.3 is 9.80 Å². The van der Waals surface area contributed by atoms with E-state index in [9.17, 15) is 22.8 Å². The molecule has 1 aliphatic heterocycles. The van der Waals surface area contributed by atoms with Gasteiger partial charge in [-0.3, -0.25) is 14.6 Å². The van der Waals surface area contributed by atoms with E-state index in [1.807, 2.05) is 6.92 Å². The topological polar surface area (TPSA) is 53.5 Å². The molecule has 0 saturated carbocycles. The van der Waals surface area contributed by atoms with Gasteiger partial charge in [-0.1, -0.05) is 0 Å². The monoisotopic (exact) mass is 329 g/mol. The van der Waals surface area contributed by atoms with Crippen molar-refractivity contribution in [3.63, 3.8) is 0 Å². The van der Waals surface area contributed by atoms with Gasteiger partial charge in [0.1, 0.15) is 11.2 Å². The molecule has 2 rings (SSSR count). The van der Waals surface area contributed by atoms with Gasteiger partial charge in [0.25, 0.3) is 5.91 Å². The van der Waals surface area contributed by atoms with E-state index in [0.29, 0.717) is 13.1 Å². The van der Waals surface area contributed by atoms with Crippen LogP contribution in [0.1, 0.15) is 36.8 Å². The summed E-state index contributed by atoms with van der Waals surface area (Å²) >= 11 is 0. The van der Waals surface area contributed by atoms with Crippen LogP contribution in [-0.2, 0) is 11.0 Å². The van der Waals surface area contributed by atoms with Crippen LogP contribution in [0, 0.1) is 0 Å². The molecular formula is C15H18F3N3O2. The third kappa shape index (κ3) is 3.02. The first-order chi connectivity index (χ1) is 10.6. The van der Waals surface area contributed by atoms with Crippen molar-refractivity contribution in [2.24, 2.45) is 0 Å². The van der Waals surface area contributed by atoms with Gasteiger partial charge in [0.2, 0.25) is 5.91 Å². The van der Waals surface area contributed by atoms with E-state index >= 15 is 0 Å². The highest BCUT2D eigenvalue weighted by Crippen LogP contribution is 2.33. The van der Waals surface area contributed by atoms with Gasteiger partial charge in [0, 0.05) is 25.8 Å². The number of halogens is 3. The molecule has 0 aromatic carbocycles. The van der Waals surface area contributed by atoms with Gasteiger partial charge in [-0.2, -0.15) is 13.2 Å². The molecule has 0 spiro atoms. The maximum Gasteiger partial charge on any atom is 0.418 e. The molecule has 0 radical (unpaired) electrons. The maximum absolute atomic E-state index is 13.1. The van der Waals surface area contributed by atoms with Gasteiger partial charge in [-0.15, -0.1) is 0 Å². The first-order valence-corrected chi connectivity index (χ1v) is 7.24. The second kappa shape index (κ2) is 5.82. The molecule has 126 valence electrons. The molecule has 23 heavy (non-hydrogen) atoms. The number of amides is 2. The fraction of sp³-hybridized carbons (Fsp3) is 0.533. The van der Waals surface area contributed by atoms with Crippen LogP contribution in [0.3, 0.4) is 0 Å². The van der Waals surface area contributed by atoms with Crippen LogP contribution in [0.4, 0.5) is 13.2 Å². The van der Waals surface area contributed by atoms with Crippen LogP contribution in [0.2, 0.25) is 0 Å². The lowest BCUT2D eigenvalue weighted by molar-refractivity contribution is -0.146. The Labute approximate surface area is 132 Å². The summed E-state index contributed by atoms with van der Waals surface area (Å²) in [7, 11) is 0. The average Bonchev–Trinajstić information content (AvgIpc) is 2.48. The number of hydrogen-bond donors (Lipinski definition) is 0. The number of hydrogen-bond acceptors (Lipinski definition) is 3. The minimum absolute atomic E-state index is 0.166. The Morgan fingerprint density at radius 1 is 1.35 bits per heavy atom. The highest BCUT2D eigenvalue weighted by atomic mass is 19.4. The number of nitrogens with zero attached hydrogens (tertiary/aromatic N) is 3. The van der Waals surface area contributed by atoms with Crippen molar-refractivity contribution >= 4 is 11.8 Å². The Bertz CT molecular complexity index is 629. The summed E-state index contributed by atoms with van der Waals surface area (Å²) < 4.78 is 39.2. The van der Waals surface area contributed by atoms with Crippen LogP contribution in [0.25, 0.3) is 0 Å². The van der Waals surface area contributed by atoms with Crippen molar-refractivity contribution < 1.29 is 22.8 Å². The standard InChI is InChI=1S/C15H18F3N3O2/c1-4-20-8-9-21(14(2,3)13(20)23)12(22)11-10(15(16,17)18)6-5-7-19-11/h5-7H,4,8-9H2,1-3H3. The third-order valence-electron chi connectivity index (χ3n) is 4.02. The number of carbonyl (C=O) groups excluding carboxylic acids is 2. The first-order valence-electron chi connectivity index (χ1n) is 7.24. The van der Waals surface area contributed by atoms with E-state index in [2.05, 4.69) is 4.98 Å². The molecule has 1 fully saturated rings. The summed E-state index contributed by atoms with van der Waals surface area (Å²) in [4.78, 5) is 31.4. The lowest BCUT2D eigenvalue weighted by atomic mass is 9.96. The lowest BCUT2D eigenvalue weighted by Crippen LogP contribution is -2.64. The Hall–Kier alpha value is -2.12. The highest BCUT2D eigenvalue weighted by molar-refractivity contribution is 5.99. The predicted octanol–water partition coefficient (Wildman–Crippen LogP) is 2.18. The molecule has 1 aliphatic rings. The Kier molecular flexibility index (Phi) is 4.37. The zero-order valence-corrected chi connectivity index (χ0v) is 13.1. The molecule has 1 saturated heterocycles. The molecule has 0 bridgehead atoms.